The lowest BCUT2D eigenvalue weighted by Crippen LogP contribution is -2.37. The quantitative estimate of drug-likeness (QED) is 0.405. The summed E-state index contributed by atoms with van der Waals surface area (Å²) >= 11 is 0. The first-order chi connectivity index (χ1) is 16.0. The van der Waals surface area contributed by atoms with Crippen LogP contribution in [0.2, 0.25) is 0 Å². The van der Waals surface area contributed by atoms with E-state index >= 15 is 0 Å². The standard InChI is InChI=1S/C27H29NO5/c1-33-22-13-12-18(15-21(22)29)24-23(26(31)27(32)28(24)20-8-4-5-9-20)25(30)19-11-10-16-6-2-3-7-17(16)14-19/h10-15,20,24,29-30H,2-9H2,1H3/b25-23-. The maximum absolute atomic E-state index is 13.3. The predicted molar refractivity (Wildman–Crippen MR) is 124 cm³/mol. The minimum atomic E-state index is -0.749. The van der Waals surface area contributed by atoms with E-state index in [1.807, 2.05) is 18.2 Å². The van der Waals surface area contributed by atoms with Crippen molar-refractivity contribution in [1.82, 2.24) is 4.90 Å². The van der Waals surface area contributed by atoms with E-state index < -0.39 is 17.7 Å². The molecule has 1 saturated carbocycles. The molecule has 1 amide bonds. The third kappa shape index (κ3) is 3.67. The smallest absolute Gasteiger partial charge is 0.295 e. The van der Waals surface area contributed by atoms with Gasteiger partial charge in [0, 0.05) is 11.6 Å². The van der Waals surface area contributed by atoms with Crippen LogP contribution in [0, 0.1) is 0 Å². The number of aliphatic hydroxyl groups is 1. The number of aromatic hydroxyl groups is 1. The third-order valence-electron chi connectivity index (χ3n) is 7.34. The number of aryl methyl sites for hydroxylation is 2. The van der Waals surface area contributed by atoms with Crippen molar-refractivity contribution in [2.75, 3.05) is 7.11 Å². The van der Waals surface area contributed by atoms with Gasteiger partial charge in [0.15, 0.2) is 11.5 Å². The van der Waals surface area contributed by atoms with Crippen LogP contribution in [0.3, 0.4) is 0 Å². The molecule has 5 rings (SSSR count). The molecule has 2 aromatic carbocycles. The van der Waals surface area contributed by atoms with Gasteiger partial charge >= 0.3 is 0 Å². The number of carbonyl (C=O) groups excluding carboxylic acids is 2. The molecule has 1 unspecified atom stereocenters. The second-order valence-corrected chi connectivity index (χ2v) is 9.27. The number of phenols is 1. The minimum absolute atomic E-state index is 0.0653. The van der Waals surface area contributed by atoms with E-state index in [9.17, 15) is 19.8 Å². The molecule has 33 heavy (non-hydrogen) atoms. The number of amides is 1. The van der Waals surface area contributed by atoms with Crippen LogP contribution in [0.15, 0.2) is 42.0 Å². The van der Waals surface area contributed by atoms with Gasteiger partial charge in [-0.05, 0) is 73.4 Å². The summed E-state index contributed by atoms with van der Waals surface area (Å²) < 4.78 is 5.17. The summed E-state index contributed by atoms with van der Waals surface area (Å²) in [6.07, 6.45) is 7.88. The summed E-state index contributed by atoms with van der Waals surface area (Å²) in [6, 6.07) is 9.89. The van der Waals surface area contributed by atoms with Gasteiger partial charge in [0.25, 0.3) is 11.7 Å². The number of nitrogens with zero attached hydrogens (tertiary/aromatic N) is 1. The van der Waals surface area contributed by atoms with Crippen molar-refractivity contribution >= 4 is 17.4 Å². The van der Waals surface area contributed by atoms with Crippen molar-refractivity contribution in [2.24, 2.45) is 0 Å². The van der Waals surface area contributed by atoms with Gasteiger partial charge < -0.3 is 19.8 Å². The van der Waals surface area contributed by atoms with Crippen molar-refractivity contribution in [2.45, 2.75) is 63.5 Å². The van der Waals surface area contributed by atoms with Gasteiger partial charge in [-0.15, -0.1) is 0 Å². The monoisotopic (exact) mass is 447 g/mol. The summed E-state index contributed by atoms with van der Waals surface area (Å²) in [6.45, 7) is 0. The van der Waals surface area contributed by atoms with Gasteiger partial charge in [-0.1, -0.05) is 31.0 Å². The maximum atomic E-state index is 13.3. The Morgan fingerprint density at radius 3 is 2.39 bits per heavy atom. The van der Waals surface area contributed by atoms with Crippen molar-refractivity contribution in [3.05, 3.63) is 64.2 Å². The van der Waals surface area contributed by atoms with E-state index in [1.165, 1.54) is 24.3 Å². The van der Waals surface area contributed by atoms with Gasteiger partial charge in [-0.2, -0.15) is 0 Å². The molecule has 2 N–H and O–H groups in total. The molecule has 3 aliphatic rings. The largest absolute Gasteiger partial charge is 0.507 e. The average Bonchev–Trinajstić information content (AvgIpc) is 3.45. The van der Waals surface area contributed by atoms with E-state index in [0.29, 0.717) is 16.9 Å². The Labute approximate surface area is 193 Å². The molecule has 0 aromatic heterocycles. The Morgan fingerprint density at radius 1 is 0.970 bits per heavy atom. The molecule has 2 fully saturated rings. The Hall–Kier alpha value is -3.28. The Bertz CT molecular complexity index is 1150. The zero-order valence-electron chi connectivity index (χ0n) is 18.8. The zero-order valence-corrected chi connectivity index (χ0v) is 18.8. The number of aliphatic hydroxyl groups excluding tert-OH is 1. The molecule has 172 valence electrons. The fourth-order valence-corrected chi connectivity index (χ4v) is 5.65. The van der Waals surface area contributed by atoms with E-state index in [1.54, 1.807) is 17.0 Å². The fraction of sp³-hybridized carbons (Fsp3) is 0.407. The van der Waals surface area contributed by atoms with Crippen molar-refractivity contribution in [3.8, 4) is 11.5 Å². The SMILES string of the molecule is COc1ccc(C2/C(=C(/O)c3ccc4c(c3)CCCC4)C(=O)C(=O)N2C2CCCC2)cc1O. The first-order valence-electron chi connectivity index (χ1n) is 11.8. The van der Waals surface area contributed by atoms with Gasteiger partial charge in [-0.3, -0.25) is 9.59 Å². The van der Waals surface area contributed by atoms with E-state index in [0.717, 1.165) is 51.4 Å². The molecule has 1 heterocycles. The molecule has 6 nitrogen and oxygen atoms in total. The van der Waals surface area contributed by atoms with Crippen molar-refractivity contribution < 1.29 is 24.5 Å². The summed E-state index contributed by atoms with van der Waals surface area (Å²) in [5.74, 6) is -1.16. The molecule has 1 aliphatic heterocycles. The first-order valence-corrected chi connectivity index (χ1v) is 11.8. The number of fused-ring (bicyclic) bond motifs is 1. The number of benzene rings is 2. The number of hydrogen-bond acceptors (Lipinski definition) is 5. The highest BCUT2D eigenvalue weighted by Crippen LogP contribution is 2.45. The molecule has 1 atom stereocenters. The van der Waals surface area contributed by atoms with E-state index in [2.05, 4.69) is 0 Å². The molecule has 6 heteroatoms. The molecule has 1 saturated heterocycles. The van der Waals surface area contributed by atoms with Crippen LogP contribution in [0.5, 0.6) is 11.5 Å². The van der Waals surface area contributed by atoms with Crippen LogP contribution >= 0.6 is 0 Å². The second-order valence-electron chi connectivity index (χ2n) is 9.27. The van der Waals surface area contributed by atoms with Crippen molar-refractivity contribution in [1.29, 1.82) is 0 Å². The van der Waals surface area contributed by atoms with Crippen LogP contribution in [0.4, 0.5) is 0 Å². The number of phenolic OH excluding ortho intramolecular Hbond substituents is 1. The highest BCUT2D eigenvalue weighted by atomic mass is 16.5. The molecule has 2 aliphatic carbocycles. The number of ketones is 1. The lowest BCUT2D eigenvalue weighted by Gasteiger charge is -2.31. The maximum Gasteiger partial charge on any atom is 0.295 e. The topological polar surface area (TPSA) is 87.1 Å². The lowest BCUT2D eigenvalue weighted by molar-refractivity contribution is -0.141. The first kappa shape index (κ1) is 21.6. The predicted octanol–water partition coefficient (Wildman–Crippen LogP) is 4.64. The number of ether oxygens (including phenoxy) is 1. The van der Waals surface area contributed by atoms with Crippen molar-refractivity contribution in [3.63, 3.8) is 0 Å². The summed E-state index contributed by atoms with van der Waals surface area (Å²) in [5, 5.41) is 21.8. The summed E-state index contributed by atoms with van der Waals surface area (Å²) in [5.41, 5.74) is 3.70. The highest BCUT2D eigenvalue weighted by Gasteiger charge is 2.49. The molecule has 0 spiro atoms. The van der Waals surface area contributed by atoms with Gasteiger partial charge in [0.1, 0.15) is 5.76 Å². The Morgan fingerprint density at radius 2 is 1.70 bits per heavy atom. The second kappa shape index (κ2) is 8.58. The van der Waals surface area contributed by atoms with Crippen LogP contribution in [0.25, 0.3) is 5.76 Å². The molecular weight excluding hydrogens is 418 g/mol. The number of carbonyl (C=O) groups is 2. The zero-order chi connectivity index (χ0) is 23.1. The van der Waals surface area contributed by atoms with E-state index in [4.69, 9.17) is 4.74 Å². The van der Waals surface area contributed by atoms with Crippen LogP contribution in [-0.4, -0.2) is 40.0 Å². The number of methoxy groups -OCH3 is 1. The van der Waals surface area contributed by atoms with E-state index in [-0.39, 0.29) is 23.1 Å². The van der Waals surface area contributed by atoms with Crippen LogP contribution in [0.1, 0.15) is 66.8 Å². The number of rotatable bonds is 4. The van der Waals surface area contributed by atoms with Crippen LogP contribution in [-0.2, 0) is 22.4 Å². The summed E-state index contributed by atoms with van der Waals surface area (Å²) in [7, 11) is 1.47. The Balaban J connectivity index is 1.65. The van der Waals surface area contributed by atoms with Gasteiger partial charge in [0.2, 0.25) is 0 Å². The normalized spacial score (nSPS) is 22.6. The fourth-order valence-electron chi connectivity index (χ4n) is 5.65. The molecule has 0 bridgehead atoms. The van der Waals surface area contributed by atoms with Crippen LogP contribution < -0.4 is 4.74 Å². The third-order valence-corrected chi connectivity index (χ3v) is 7.34. The molecule has 2 aromatic rings. The van der Waals surface area contributed by atoms with Gasteiger partial charge in [-0.25, -0.2) is 0 Å². The molecule has 0 radical (unpaired) electrons. The van der Waals surface area contributed by atoms with Gasteiger partial charge in [0.05, 0.1) is 18.7 Å². The minimum Gasteiger partial charge on any atom is -0.507 e. The number of hydrogen-bond donors (Lipinski definition) is 2. The lowest BCUT2D eigenvalue weighted by atomic mass is 9.88. The Kier molecular flexibility index (Phi) is 5.60. The average molecular weight is 448 g/mol. The number of likely N-dealkylation sites (tertiary alicyclic amines) is 1. The molecular formula is C27H29NO5. The summed E-state index contributed by atoms with van der Waals surface area (Å²) in [4.78, 5) is 28.1. The highest BCUT2D eigenvalue weighted by molar-refractivity contribution is 6.46. The number of Topliss-reactive ketones (excluding diaryl/α,β-unsaturated/α-hetero) is 1.